The van der Waals surface area contributed by atoms with E-state index in [1.54, 1.807) is 6.07 Å². The minimum absolute atomic E-state index is 0.687. The van der Waals surface area contributed by atoms with E-state index in [0.29, 0.717) is 17.3 Å². The van der Waals surface area contributed by atoms with E-state index in [4.69, 9.17) is 22.1 Å². The Kier molecular flexibility index (Phi) is 3.81. The van der Waals surface area contributed by atoms with Gasteiger partial charge in [0, 0.05) is 35.9 Å². The first-order chi connectivity index (χ1) is 9.70. The minimum Gasteiger partial charge on any atom is -0.492 e. The third-order valence-electron chi connectivity index (χ3n) is 3.42. The topological polar surface area (TPSA) is 38.5 Å². The number of hydrogen-bond acceptors (Lipinski definition) is 3. The predicted molar refractivity (Wildman–Crippen MR) is 81.9 cm³/mol. The maximum Gasteiger partial charge on any atom is 0.123 e. The number of ether oxygens (including phenoxy) is 1. The number of nitrogen functional groups attached to an aromatic ring is 1. The summed E-state index contributed by atoms with van der Waals surface area (Å²) in [6.07, 6.45) is 0. The van der Waals surface area contributed by atoms with Crippen LogP contribution >= 0.6 is 11.6 Å². The van der Waals surface area contributed by atoms with Gasteiger partial charge in [-0.2, -0.15) is 0 Å². The summed E-state index contributed by atoms with van der Waals surface area (Å²) in [5.74, 6) is 0.987. The fraction of sp³-hybridized carbons (Fsp3) is 0.250. The first kappa shape index (κ1) is 13.3. The molecule has 0 radical (unpaired) electrons. The number of anilines is 1. The van der Waals surface area contributed by atoms with Gasteiger partial charge in [0.2, 0.25) is 0 Å². The van der Waals surface area contributed by atoms with Crippen molar-refractivity contribution in [3.05, 3.63) is 58.6 Å². The first-order valence-electron chi connectivity index (χ1n) is 6.69. The fourth-order valence-electron chi connectivity index (χ4n) is 2.54. The number of nitrogens with zero attached hydrogens (tertiary/aromatic N) is 1. The van der Waals surface area contributed by atoms with Gasteiger partial charge in [0.05, 0.1) is 0 Å². The van der Waals surface area contributed by atoms with Crippen molar-refractivity contribution in [3.63, 3.8) is 0 Å². The van der Waals surface area contributed by atoms with Crippen molar-refractivity contribution in [2.45, 2.75) is 13.1 Å². The maximum absolute atomic E-state index is 6.06. The molecule has 3 nitrogen and oxygen atoms in total. The third-order valence-corrected chi connectivity index (χ3v) is 3.64. The molecular weight excluding hydrogens is 272 g/mol. The quantitative estimate of drug-likeness (QED) is 0.862. The van der Waals surface area contributed by atoms with Crippen LogP contribution in [0.5, 0.6) is 5.75 Å². The molecule has 2 aromatic rings. The fourth-order valence-corrected chi connectivity index (χ4v) is 2.81. The van der Waals surface area contributed by atoms with Crippen LogP contribution in [0.3, 0.4) is 0 Å². The van der Waals surface area contributed by atoms with Crippen molar-refractivity contribution in [1.82, 2.24) is 4.90 Å². The van der Waals surface area contributed by atoms with E-state index < -0.39 is 0 Å². The predicted octanol–water partition coefficient (Wildman–Crippen LogP) is 3.32. The number of nitrogens with two attached hydrogens (primary N) is 1. The molecule has 1 heterocycles. The molecule has 2 N–H and O–H groups in total. The van der Waals surface area contributed by atoms with Crippen molar-refractivity contribution in [3.8, 4) is 5.75 Å². The first-order valence-corrected chi connectivity index (χ1v) is 7.06. The van der Waals surface area contributed by atoms with Crippen molar-refractivity contribution < 1.29 is 4.74 Å². The van der Waals surface area contributed by atoms with Crippen LogP contribution < -0.4 is 10.5 Å². The highest BCUT2D eigenvalue weighted by Gasteiger charge is 2.15. The zero-order valence-corrected chi connectivity index (χ0v) is 11.9. The van der Waals surface area contributed by atoms with Crippen LogP contribution in [0, 0.1) is 0 Å². The van der Waals surface area contributed by atoms with Gasteiger partial charge in [-0.1, -0.05) is 29.8 Å². The molecular formula is C16H17ClN2O. The SMILES string of the molecule is Nc1cc(Cl)cc(CN2CCOc3ccccc3C2)c1. The molecule has 0 saturated carbocycles. The highest BCUT2D eigenvalue weighted by Crippen LogP contribution is 2.24. The number of para-hydroxylation sites is 1. The molecule has 104 valence electrons. The van der Waals surface area contributed by atoms with Crippen molar-refractivity contribution in [2.24, 2.45) is 0 Å². The number of benzene rings is 2. The van der Waals surface area contributed by atoms with E-state index in [0.717, 1.165) is 30.9 Å². The average Bonchev–Trinajstić information content (AvgIpc) is 2.59. The normalized spacial score (nSPS) is 15.2. The average molecular weight is 289 g/mol. The van der Waals surface area contributed by atoms with E-state index in [9.17, 15) is 0 Å². The Labute approximate surface area is 123 Å². The van der Waals surface area contributed by atoms with Crippen molar-refractivity contribution in [1.29, 1.82) is 0 Å². The van der Waals surface area contributed by atoms with Crippen LogP contribution in [-0.4, -0.2) is 18.1 Å². The van der Waals surface area contributed by atoms with E-state index >= 15 is 0 Å². The van der Waals surface area contributed by atoms with Crippen LogP contribution in [0.2, 0.25) is 5.02 Å². The van der Waals surface area contributed by atoms with Gasteiger partial charge in [-0.15, -0.1) is 0 Å². The molecule has 0 aromatic heterocycles. The number of hydrogen-bond donors (Lipinski definition) is 1. The summed E-state index contributed by atoms with van der Waals surface area (Å²) in [4.78, 5) is 2.34. The van der Waals surface area contributed by atoms with E-state index in [2.05, 4.69) is 11.0 Å². The Morgan fingerprint density at radius 1 is 1.20 bits per heavy atom. The largest absolute Gasteiger partial charge is 0.492 e. The highest BCUT2D eigenvalue weighted by molar-refractivity contribution is 6.30. The van der Waals surface area contributed by atoms with Gasteiger partial charge in [0.1, 0.15) is 12.4 Å². The second-order valence-electron chi connectivity index (χ2n) is 5.06. The van der Waals surface area contributed by atoms with Gasteiger partial charge in [0.15, 0.2) is 0 Å². The van der Waals surface area contributed by atoms with Gasteiger partial charge in [-0.3, -0.25) is 4.90 Å². The molecule has 20 heavy (non-hydrogen) atoms. The highest BCUT2D eigenvalue weighted by atomic mass is 35.5. The smallest absolute Gasteiger partial charge is 0.123 e. The number of halogens is 1. The summed E-state index contributed by atoms with van der Waals surface area (Å²) in [5.41, 5.74) is 8.91. The molecule has 4 heteroatoms. The Hall–Kier alpha value is -1.71. The maximum atomic E-state index is 6.06. The monoisotopic (exact) mass is 288 g/mol. The van der Waals surface area contributed by atoms with Crippen LogP contribution in [-0.2, 0) is 13.1 Å². The van der Waals surface area contributed by atoms with Crippen LogP contribution in [0.1, 0.15) is 11.1 Å². The lowest BCUT2D eigenvalue weighted by atomic mass is 10.1. The zero-order chi connectivity index (χ0) is 13.9. The van der Waals surface area contributed by atoms with E-state index in [1.165, 1.54) is 5.56 Å². The Balaban J connectivity index is 1.78. The van der Waals surface area contributed by atoms with Crippen LogP contribution in [0.15, 0.2) is 42.5 Å². The van der Waals surface area contributed by atoms with E-state index in [-0.39, 0.29) is 0 Å². The number of rotatable bonds is 2. The molecule has 0 atom stereocenters. The Bertz CT molecular complexity index is 595. The molecule has 0 aliphatic carbocycles. The van der Waals surface area contributed by atoms with Gasteiger partial charge >= 0.3 is 0 Å². The molecule has 0 amide bonds. The van der Waals surface area contributed by atoms with Gasteiger partial charge in [0.25, 0.3) is 0 Å². The molecule has 0 fully saturated rings. The summed E-state index contributed by atoms with van der Waals surface area (Å²) >= 11 is 6.06. The van der Waals surface area contributed by atoms with Gasteiger partial charge in [-0.05, 0) is 29.8 Å². The van der Waals surface area contributed by atoms with Crippen molar-refractivity contribution in [2.75, 3.05) is 18.9 Å². The molecule has 3 rings (SSSR count). The molecule has 1 aliphatic heterocycles. The zero-order valence-electron chi connectivity index (χ0n) is 11.2. The van der Waals surface area contributed by atoms with Crippen molar-refractivity contribution >= 4 is 17.3 Å². The molecule has 0 spiro atoms. The second kappa shape index (κ2) is 5.73. The summed E-state index contributed by atoms with van der Waals surface area (Å²) < 4.78 is 5.77. The van der Waals surface area contributed by atoms with Gasteiger partial charge < -0.3 is 10.5 Å². The molecule has 2 aromatic carbocycles. The van der Waals surface area contributed by atoms with E-state index in [1.807, 2.05) is 30.3 Å². The molecule has 1 aliphatic rings. The summed E-state index contributed by atoms with van der Waals surface area (Å²) in [5, 5.41) is 0.687. The molecule has 0 unspecified atom stereocenters. The summed E-state index contributed by atoms with van der Waals surface area (Å²) in [6, 6.07) is 13.9. The Morgan fingerprint density at radius 2 is 2.05 bits per heavy atom. The third kappa shape index (κ3) is 3.06. The molecule has 0 saturated heterocycles. The lowest BCUT2D eigenvalue weighted by Crippen LogP contribution is -2.25. The second-order valence-corrected chi connectivity index (χ2v) is 5.50. The Morgan fingerprint density at radius 3 is 2.90 bits per heavy atom. The number of fused-ring (bicyclic) bond motifs is 1. The van der Waals surface area contributed by atoms with Crippen LogP contribution in [0.4, 0.5) is 5.69 Å². The van der Waals surface area contributed by atoms with Gasteiger partial charge in [-0.25, -0.2) is 0 Å². The summed E-state index contributed by atoms with van der Waals surface area (Å²) in [6.45, 7) is 3.29. The lowest BCUT2D eigenvalue weighted by Gasteiger charge is -2.19. The summed E-state index contributed by atoms with van der Waals surface area (Å²) in [7, 11) is 0. The lowest BCUT2D eigenvalue weighted by molar-refractivity contribution is 0.219. The minimum atomic E-state index is 0.687. The standard InChI is InChI=1S/C16H17ClN2O/c17-14-7-12(8-15(18)9-14)10-19-5-6-20-16-4-2-1-3-13(16)11-19/h1-4,7-9H,5-6,10-11,18H2. The van der Waals surface area contributed by atoms with Crippen LogP contribution in [0.25, 0.3) is 0 Å². The molecule has 0 bridgehead atoms.